The lowest BCUT2D eigenvalue weighted by Gasteiger charge is -2.38. The Hall–Kier alpha value is -3.32. The quantitative estimate of drug-likeness (QED) is 0.442. The van der Waals surface area contributed by atoms with Gasteiger partial charge in [-0.05, 0) is 71.3 Å². The molecule has 1 aromatic heterocycles. The summed E-state index contributed by atoms with van der Waals surface area (Å²) in [6.45, 7) is 5.26. The Morgan fingerprint density at radius 3 is 2.23 bits per heavy atom. The standard InChI is InChI=1S/C28H32N2O4S/c1-19(2)17-29(28(32)21-7-11-23(34-4)12-8-21)18-26(31)30-15-13-25-24(14-16-35-25)27(30)20-5-9-22(33-3)10-6-20/h5-12,14,16,19,27H,13,15,17-18H2,1-4H3. The molecular formula is C28H32N2O4S. The molecule has 2 heterocycles. The van der Waals surface area contributed by atoms with Gasteiger partial charge in [-0.3, -0.25) is 9.59 Å². The lowest BCUT2D eigenvalue weighted by molar-refractivity contribution is -0.134. The Bertz CT molecular complexity index is 1150. The molecule has 0 saturated carbocycles. The largest absolute Gasteiger partial charge is 0.497 e. The molecule has 35 heavy (non-hydrogen) atoms. The van der Waals surface area contributed by atoms with Gasteiger partial charge in [0.2, 0.25) is 5.91 Å². The van der Waals surface area contributed by atoms with Gasteiger partial charge in [-0.1, -0.05) is 26.0 Å². The number of carbonyl (C=O) groups is 2. The maximum atomic E-state index is 13.8. The number of carbonyl (C=O) groups excluding carboxylic acids is 2. The summed E-state index contributed by atoms with van der Waals surface area (Å²) >= 11 is 1.74. The van der Waals surface area contributed by atoms with Crippen LogP contribution in [0.25, 0.3) is 0 Å². The number of rotatable bonds is 8. The van der Waals surface area contributed by atoms with E-state index in [0.29, 0.717) is 24.4 Å². The first-order chi connectivity index (χ1) is 16.9. The predicted molar refractivity (Wildman–Crippen MR) is 138 cm³/mol. The van der Waals surface area contributed by atoms with Gasteiger partial charge in [-0.15, -0.1) is 11.3 Å². The first-order valence-electron chi connectivity index (χ1n) is 11.8. The van der Waals surface area contributed by atoms with Crippen molar-refractivity contribution in [2.75, 3.05) is 33.9 Å². The summed E-state index contributed by atoms with van der Waals surface area (Å²) in [7, 11) is 3.24. The summed E-state index contributed by atoms with van der Waals surface area (Å²) in [4.78, 5) is 32.0. The molecule has 0 fully saturated rings. The second kappa shape index (κ2) is 11.0. The zero-order chi connectivity index (χ0) is 24.9. The summed E-state index contributed by atoms with van der Waals surface area (Å²) in [6.07, 6.45) is 0.821. The number of hydrogen-bond acceptors (Lipinski definition) is 5. The van der Waals surface area contributed by atoms with E-state index in [0.717, 1.165) is 23.3 Å². The topological polar surface area (TPSA) is 59.1 Å². The molecule has 1 aliphatic heterocycles. The van der Waals surface area contributed by atoms with Crippen molar-refractivity contribution < 1.29 is 19.1 Å². The molecular weight excluding hydrogens is 460 g/mol. The van der Waals surface area contributed by atoms with Crippen molar-refractivity contribution in [1.29, 1.82) is 0 Å². The van der Waals surface area contributed by atoms with E-state index in [9.17, 15) is 9.59 Å². The maximum Gasteiger partial charge on any atom is 0.254 e. The highest BCUT2D eigenvalue weighted by molar-refractivity contribution is 7.10. The average Bonchev–Trinajstić information content (AvgIpc) is 3.36. The molecule has 0 bridgehead atoms. The van der Waals surface area contributed by atoms with Crippen molar-refractivity contribution in [3.63, 3.8) is 0 Å². The van der Waals surface area contributed by atoms with Crippen molar-refractivity contribution in [2.45, 2.75) is 26.3 Å². The summed E-state index contributed by atoms with van der Waals surface area (Å²) in [5.41, 5.74) is 2.75. The van der Waals surface area contributed by atoms with Crippen LogP contribution in [0.15, 0.2) is 60.0 Å². The van der Waals surface area contributed by atoms with E-state index in [4.69, 9.17) is 9.47 Å². The number of nitrogens with zero attached hydrogens (tertiary/aromatic N) is 2. The van der Waals surface area contributed by atoms with Gasteiger partial charge in [-0.25, -0.2) is 0 Å². The lowest BCUT2D eigenvalue weighted by atomic mass is 9.93. The number of methoxy groups -OCH3 is 2. The summed E-state index contributed by atoms with van der Waals surface area (Å²) in [5, 5.41) is 2.09. The fraction of sp³-hybridized carbons (Fsp3) is 0.357. The van der Waals surface area contributed by atoms with E-state index >= 15 is 0 Å². The predicted octanol–water partition coefficient (Wildman–Crippen LogP) is 5.04. The number of thiophene rings is 1. The minimum absolute atomic E-state index is 0.0369. The molecule has 0 spiro atoms. The first-order valence-corrected chi connectivity index (χ1v) is 12.7. The molecule has 0 N–H and O–H groups in total. The zero-order valence-electron chi connectivity index (χ0n) is 20.7. The average molecular weight is 493 g/mol. The highest BCUT2D eigenvalue weighted by Crippen LogP contribution is 2.38. The molecule has 2 amide bonds. The van der Waals surface area contributed by atoms with Crippen molar-refractivity contribution in [3.05, 3.63) is 81.5 Å². The number of fused-ring (bicyclic) bond motifs is 1. The van der Waals surface area contributed by atoms with Gasteiger partial charge in [0.25, 0.3) is 5.91 Å². The molecule has 2 aromatic carbocycles. The van der Waals surface area contributed by atoms with Crippen LogP contribution < -0.4 is 9.47 Å². The van der Waals surface area contributed by atoms with Gasteiger partial charge in [0.1, 0.15) is 18.0 Å². The second-order valence-electron chi connectivity index (χ2n) is 9.12. The van der Waals surface area contributed by atoms with Gasteiger partial charge >= 0.3 is 0 Å². The van der Waals surface area contributed by atoms with Gasteiger partial charge in [0, 0.05) is 23.5 Å². The van der Waals surface area contributed by atoms with Crippen LogP contribution in [0.1, 0.15) is 46.3 Å². The van der Waals surface area contributed by atoms with E-state index in [1.165, 1.54) is 4.88 Å². The number of amides is 2. The Morgan fingerprint density at radius 1 is 1.00 bits per heavy atom. The van der Waals surface area contributed by atoms with E-state index in [-0.39, 0.29) is 30.3 Å². The van der Waals surface area contributed by atoms with Crippen LogP contribution in [0, 0.1) is 5.92 Å². The summed E-state index contributed by atoms with van der Waals surface area (Å²) in [6, 6.07) is 16.9. The van der Waals surface area contributed by atoms with Crippen LogP contribution in [-0.2, 0) is 11.2 Å². The van der Waals surface area contributed by atoms with E-state index in [1.807, 2.05) is 29.2 Å². The third kappa shape index (κ3) is 5.51. The summed E-state index contributed by atoms with van der Waals surface area (Å²) < 4.78 is 10.5. The molecule has 7 heteroatoms. The van der Waals surface area contributed by atoms with Crippen LogP contribution >= 0.6 is 11.3 Å². The molecule has 1 aliphatic rings. The zero-order valence-corrected chi connectivity index (χ0v) is 21.5. The highest BCUT2D eigenvalue weighted by Gasteiger charge is 2.34. The molecule has 184 valence electrons. The van der Waals surface area contributed by atoms with E-state index < -0.39 is 0 Å². The third-order valence-corrected chi connectivity index (χ3v) is 7.25. The van der Waals surface area contributed by atoms with Gasteiger partial charge in [0.05, 0.1) is 20.3 Å². The van der Waals surface area contributed by atoms with E-state index in [2.05, 4.69) is 25.3 Å². The lowest BCUT2D eigenvalue weighted by Crippen LogP contribution is -2.47. The third-order valence-electron chi connectivity index (χ3n) is 6.25. The minimum Gasteiger partial charge on any atom is -0.497 e. The number of ether oxygens (including phenoxy) is 2. The maximum absolute atomic E-state index is 13.8. The van der Waals surface area contributed by atoms with E-state index in [1.54, 1.807) is 54.7 Å². The SMILES string of the molecule is COc1ccc(C(=O)N(CC(=O)N2CCc3sccc3C2c2ccc(OC)cc2)CC(C)C)cc1. The first kappa shape index (κ1) is 24.8. The monoisotopic (exact) mass is 492 g/mol. The molecule has 0 radical (unpaired) electrons. The Kier molecular flexibility index (Phi) is 7.76. The fourth-order valence-electron chi connectivity index (χ4n) is 4.56. The molecule has 4 rings (SSSR count). The Labute approximate surface area is 211 Å². The van der Waals surface area contributed by atoms with Crippen molar-refractivity contribution in [1.82, 2.24) is 9.80 Å². The van der Waals surface area contributed by atoms with Crippen molar-refractivity contribution >= 4 is 23.2 Å². The second-order valence-corrected chi connectivity index (χ2v) is 10.1. The van der Waals surface area contributed by atoms with Gasteiger partial charge < -0.3 is 19.3 Å². The van der Waals surface area contributed by atoms with Crippen LogP contribution in [0.4, 0.5) is 0 Å². The summed E-state index contributed by atoms with van der Waals surface area (Å²) in [5.74, 6) is 1.50. The molecule has 6 nitrogen and oxygen atoms in total. The molecule has 1 atom stereocenters. The Morgan fingerprint density at radius 2 is 1.63 bits per heavy atom. The Balaban J connectivity index is 1.60. The smallest absolute Gasteiger partial charge is 0.254 e. The fourth-order valence-corrected chi connectivity index (χ4v) is 5.46. The van der Waals surface area contributed by atoms with Crippen LogP contribution in [0.5, 0.6) is 11.5 Å². The minimum atomic E-state index is -0.180. The molecule has 3 aromatic rings. The van der Waals surface area contributed by atoms with Crippen LogP contribution in [0.3, 0.4) is 0 Å². The molecule has 0 aliphatic carbocycles. The number of hydrogen-bond donors (Lipinski definition) is 0. The van der Waals surface area contributed by atoms with Gasteiger partial charge in [0.15, 0.2) is 0 Å². The van der Waals surface area contributed by atoms with Crippen molar-refractivity contribution in [3.8, 4) is 11.5 Å². The van der Waals surface area contributed by atoms with Crippen molar-refractivity contribution in [2.24, 2.45) is 5.92 Å². The van der Waals surface area contributed by atoms with Crippen LogP contribution in [-0.4, -0.2) is 55.5 Å². The number of benzene rings is 2. The normalized spacial score (nSPS) is 15.0. The molecule has 0 saturated heterocycles. The van der Waals surface area contributed by atoms with Gasteiger partial charge in [-0.2, -0.15) is 0 Å². The molecule has 1 unspecified atom stereocenters. The highest BCUT2D eigenvalue weighted by atomic mass is 32.1. The van der Waals surface area contributed by atoms with Crippen LogP contribution in [0.2, 0.25) is 0 Å².